The molecule has 0 aliphatic carbocycles. The topological polar surface area (TPSA) is 219 Å². The van der Waals surface area contributed by atoms with Crippen LogP contribution >= 0.6 is 0 Å². The van der Waals surface area contributed by atoms with E-state index >= 15 is 0 Å². The molecule has 7 N–H and O–H groups in total. The SMILES string of the molecule is CCC(CO)(CO)CO.O=C(O)CCCCCCCC(=O)O.O=C1OC(=O)c2ccccc21.OCCO. The highest BCUT2D eigenvalue weighted by molar-refractivity contribution is 6.14. The van der Waals surface area contributed by atoms with Gasteiger partial charge in [0.1, 0.15) is 0 Å². The Labute approximate surface area is 216 Å². The van der Waals surface area contributed by atoms with Gasteiger partial charge in [0.25, 0.3) is 0 Å². The fraction of sp³-hybridized carbons (Fsp3) is 0.600. The van der Waals surface area contributed by atoms with E-state index < -0.39 is 29.3 Å². The number of fused-ring (bicyclic) bond motifs is 1. The number of carboxylic acid groups (broad SMARTS) is 2. The van der Waals surface area contributed by atoms with Crippen LogP contribution in [0.2, 0.25) is 0 Å². The summed E-state index contributed by atoms with van der Waals surface area (Å²) in [6, 6.07) is 6.53. The highest BCUT2D eigenvalue weighted by atomic mass is 16.6. The third kappa shape index (κ3) is 17.2. The Bertz CT molecular complexity index is 719. The quantitative estimate of drug-likeness (QED) is 0.108. The van der Waals surface area contributed by atoms with E-state index in [1.54, 1.807) is 24.3 Å². The number of carboxylic acids is 2. The zero-order valence-corrected chi connectivity index (χ0v) is 21.2. The van der Waals surface area contributed by atoms with E-state index in [-0.39, 0.29) is 45.9 Å². The molecule has 1 aliphatic heterocycles. The molecule has 12 heteroatoms. The smallest absolute Gasteiger partial charge is 0.346 e. The average molecular weight is 533 g/mol. The van der Waals surface area contributed by atoms with Gasteiger partial charge in [-0.1, -0.05) is 38.3 Å². The van der Waals surface area contributed by atoms with Crippen molar-refractivity contribution in [3.05, 3.63) is 35.4 Å². The monoisotopic (exact) mass is 532 g/mol. The molecule has 12 nitrogen and oxygen atoms in total. The molecule has 0 radical (unpaired) electrons. The number of aliphatic carboxylic acids is 2. The Hall–Kier alpha value is -2.90. The van der Waals surface area contributed by atoms with Crippen LogP contribution < -0.4 is 0 Å². The van der Waals surface area contributed by atoms with Gasteiger partial charge in [0.15, 0.2) is 0 Å². The van der Waals surface area contributed by atoms with E-state index in [0.717, 1.165) is 19.3 Å². The number of rotatable bonds is 13. The largest absolute Gasteiger partial charge is 0.481 e. The number of carbonyl (C=O) groups excluding carboxylic acids is 2. The van der Waals surface area contributed by atoms with Crippen molar-refractivity contribution in [2.24, 2.45) is 5.41 Å². The van der Waals surface area contributed by atoms with Crippen molar-refractivity contribution in [1.82, 2.24) is 0 Å². The van der Waals surface area contributed by atoms with Crippen LogP contribution in [0.25, 0.3) is 0 Å². The summed E-state index contributed by atoms with van der Waals surface area (Å²) in [5, 5.41) is 57.8. The van der Waals surface area contributed by atoms with Gasteiger partial charge in [-0.15, -0.1) is 0 Å². The summed E-state index contributed by atoms with van der Waals surface area (Å²) in [4.78, 5) is 41.9. The van der Waals surface area contributed by atoms with Gasteiger partial charge in [0.2, 0.25) is 0 Å². The zero-order valence-electron chi connectivity index (χ0n) is 21.2. The Kier molecular flexibility index (Phi) is 21.9. The lowest BCUT2D eigenvalue weighted by Crippen LogP contribution is -2.32. The highest BCUT2D eigenvalue weighted by Gasteiger charge is 2.28. The number of benzene rings is 1. The fourth-order valence-corrected chi connectivity index (χ4v) is 2.60. The lowest BCUT2D eigenvalue weighted by molar-refractivity contribution is -0.138. The fourth-order valence-electron chi connectivity index (χ4n) is 2.60. The third-order valence-corrected chi connectivity index (χ3v) is 5.19. The van der Waals surface area contributed by atoms with E-state index in [9.17, 15) is 19.2 Å². The molecule has 0 fully saturated rings. The minimum absolute atomic E-state index is 0.125. The molecule has 0 amide bonds. The van der Waals surface area contributed by atoms with E-state index in [4.69, 9.17) is 35.7 Å². The van der Waals surface area contributed by atoms with Crippen molar-refractivity contribution in [3.63, 3.8) is 0 Å². The minimum atomic E-state index is -0.759. The molecule has 212 valence electrons. The maximum Gasteiger partial charge on any atom is 0.346 e. The van der Waals surface area contributed by atoms with Crippen molar-refractivity contribution in [3.8, 4) is 0 Å². The number of carbonyl (C=O) groups is 4. The summed E-state index contributed by atoms with van der Waals surface area (Å²) in [6.07, 6.45) is 5.12. The molecular formula is C25H40O12. The van der Waals surface area contributed by atoms with E-state index in [1.165, 1.54) is 0 Å². The normalized spacial score (nSPS) is 11.5. The molecule has 1 aliphatic rings. The van der Waals surface area contributed by atoms with Crippen molar-refractivity contribution >= 4 is 23.9 Å². The molecule has 0 saturated heterocycles. The summed E-state index contributed by atoms with van der Waals surface area (Å²) >= 11 is 0. The third-order valence-electron chi connectivity index (χ3n) is 5.19. The van der Waals surface area contributed by atoms with Crippen molar-refractivity contribution in [2.75, 3.05) is 33.0 Å². The predicted octanol–water partition coefficient (Wildman–Crippen LogP) is 1.21. The van der Waals surface area contributed by atoms with E-state index in [2.05, 4.69) is 4.74 Å². The maximum atomic E-state index is 10.8. The second kappa shape index (κ2) is 22.3. The van der Waals surface area contributed by atoms with Crippen molar-refractivity contribution in [1.29, 1.82) is 0 Å². The number of hydrogen-bond acceptors (Lipinski definition) is 10. The first-order chi connectivity index (χ1) is 17.6. The summed E-state index contributed by atoms with van der Waals surface area (Å²) in [6.45, 7) is 1.10. The van der Waals surface area contributed by atoms with Gasteiger partial charge in [-0.25, -0.2) is 9.59 Å². The van der Waals surface area contributed by atoms with Gasteiger partial charge >= 0.3 is 23.9 Å². The molecule has 0 bridgehead atoms. The number of hydrogen-bond donors (Lipinski definition) is 7. The lowest BCUT2D eigenvalue weighted by atomic mass is 9.88. The number of aliphatic hydroxyl groups excluding tert-OH is 5. The first-order valence-electron chi connectivity index (χ1n) is 11.9. The second-order valence-electron chi connectivity index (χ2n) is 8.05. The van der Waals surface area contributed by atoms with Crippen molar-refractivity contribution in [2.45, 2.75) is 58.3 Å². The average Bonchev–Trinajstić information content (AvgIpc) is 3.19. The first-order valence-corrected chi connectivity index (χ1v) is 11.9. The standard InChI is InChI=1S/C9H16O4.C8H4O3.C6H14O3.C2H6O2/c10-8(11)6-4-2-1-3-5-7-9(12)13;9-7-5-3-1-2-4-6(5)8(10)11-7;1-2-6(3-7,4-8)5-9;3-1-2-4/h1-7H2,(H,10,11)(H,12,13);1-4H;7-9H,2-5H2,1H3;3-4H,1-2H2. The Morgan fingerprint density at radius 3 is 1.30 bits per heavy atom. The molecule has 0 unspecified atom stereocenters. The molecule has 0 atom stereocenters. The molecule has 2 rings (SSSR count). The molecule has 0 saturated carbocycles. The second-order valence-corrected chi connectivity index (χ2v) is 8.05. The van der Waals surface area contributed by atoms with Gasteiger partial charge in [-0.2, -0.15) is 0 Å². The van der Waals surface area contributed by atoms with Crippen LogP contribution in [-0.4, -0.2) is 92.7 Å². The van der Waals surface area contributed by atoms with E-state index in [1.807, 2.05) is 6.92 Å². The van der Waals surface area contributed by atoms with Crippen LogP contribution in [0.3, 0.4) is 0 Å². The summed E-state index contributed by atoms with van der Waals surface area (Å²) in [7, 11) is 0. The summed E-state index contributed by atoms with van der Waals surface area (Å²) in [5.41, 5.74) is 0.0509. The Morgan fingerprint density at radius 2 is 1.05 bits per heavy atom. The van der Waals surface area contributed by atoms with Gasteiger partial charge < -0.3 is 40.5 Å². The molecule has 1 heterocycles. The van der Waals surface area contributed by atoms with Gasteiger partial charge in [-0.05, 0) is 31.4 Å². The number of unbranched alkanes of at least 4 members (excludes halogenated alkanes) is 4. The molecule has 1 aromatic carbocycles. The van der Waals surface area contributed by atoms with Crippen LogP contribution in [-0.2, 0) is 14.3 Å². The molecular weight excluding hydrogens is 492 g/mol. The molecule has 37 heavy (non-hydrogen) atoms. The zero-order chi connectivity index (χ0) is 28.7. The first kappa shape index (κ1) is 36.3. The minimum Gasteiger partial charge on any atom is -0.481 e. The van der Waals surface area contributed by atoms with Crippen LogP contribution in [0.1, 0.15) is 79.0 Å². The summed E-state index contributed by atoms with van der Waals surface area (Å²) in [5.74, 6) is -2.62. The number of ether oxygens (including phenoxy) is 1. The van der Waals surface area contributed by atoms with Crippen LogP contribution in [0, 0.1) is 5.41 Å². The van der Waals surface area contributed by atoms with Crippen molar-refractivity contribution < 1.29 is 59.7 Å². The molecule has 0 aromatic heterocycles. The Morgan fingerprint density at radius 1 is 0.703 bits per heavy atom. The Balaban J connectivity index is 0. The predicted molar refractivity (Wildman–Crippen MR) is 132 cm³/mol. The molecule has 0 spiro atoms. The number of esters is 2. The van der Waals surface area contributed by atoms with Crippen LogP contribution in [0.15, 0.2) is 24.3 Å². The maximum absolute atomic E-state index is 10.8. The van der Waals surface area contributed by atoms with Gasteiger partial charge in [0.05, 0.1) is 44.2 Å². The van der Waals surface area contributed by atoms with Crippen LogP contribution in [0.4, 0.5) is 0 Å². The highest BCUT2D eigenvalue weighted by Crippen LogP contribution is 2.19. The van der Waals surface area contributed by atoms with Gasteiger partial charge in [-0.3, -0.25) is 9.59 Å². The lowest BCUT2D eigenvalue weighted by Gasteiger charge is -2.24. The van der Waals surface area contributed by atoms with E-state index in [0.29, 0.717) is 30.4 Å². The van der Waals surface area contributed by atoms with Gasteiger partial charge in [0, 0.05) is 18.3 Å². The number of aliphatic hydroxyl groups is 5. The molecule has 1 aromatic rings. The number of cyclic esters (lactones) is 2. The summed E-state index contributed by atoms with van der Waals surface area (Å²) < 4.78 is 4.35. The van der Waals surface area contributed by atoms with Crippen LogP contribution in [0.5, 0.6) is 0 Å².